The predicted octanol–water partition coefficient (Wildman–Crippen LogP) is 5.86. The zero-order chi connectivity index (χ0) is 31.4. The Balaban J connectivity index is 1.62. The van der Waals surface area contributed by atoms with Gasteiger partial charge in [-0.05, 0) is 75.4 Å². The number of hydrogen-bond donors (Lipinski definition) is 2. The fourth-order valence-electron chi connectivity index (χ4n) is 5.77. The van der Waals surface area contributed by atoms with Crippen molar-refractivity contribution in [3.63, 3.8) is 0 Å². The number of pyridine rings is 3. The molecule has 13 heteroatoms. The summed E-state index contributed by atoms with van der Waals surface area (Å²) in [5.41, 5.74) is -0.568. The number of anilines is 2. The van der Waals surface area contributed by atoms with Crippen molar-refractivity contribution in [1.82, 2.24) is 19.7 Å². The smallest absolute Gasteiger partial charge is 0.362 e. The molecule has 0 spiro atoms. The third-order valence-corrected chi connectivity index (χ3v) is 9.21. The van der Waals surface area contributed by atoms with Gasteiger partial charge in [-0.15, -0.1) is 0 Å². The molecule has 0 radical (unpaired) electrons. The normalized spacial score (nSPS) is 22.0. The summed E-state index contributed by atoms with van der Waals surface area (Å²) in [5, 5.41) is 2.69. The Morgan fingerprint density at radius 3 is 2.47 bits per heavy atom. The van der Waals surface area contributed by atoms with Crippen LogP contribution in [-0.2, 0) is 21.6 Å². The van der Waals surface area contributed by atoms with Crippen LogP contribution in [0.25, 0.3) is 0 Å². The van der Waals surface area contributed by atoms with Crippen LogP contribution in [0.15, 0.2) is 53.7 Å². The molecular formula is C30H35F3N6O3S. The van der Waals surface area contributed by atoms with Crippen molar-refractivity contribution < 1.29 is 26.4 Å². The summed E-state index contributed by atoms with van der Waals surface area (Å²) in [6, 6.07) is 8.78. The Bertz CT molecular complexity index is 1650. The summed E-state index contributed by atoms with van der Waals surface area (Å²) < 4.78 is 69.5. The summed E-state index contributed by atoms with van der Waals surface area (Å²) in [7, 11) is -4.42. The van der Waals surface area contributed by atoms with Crippen molar-refractivity contribution in [3.05, 3.63) is 71.2 Å². The molecule has 5 rings (SSSR count). The van der Waals surface area contributed by atoms with Gasteiger partial charge in [-0.1, -0.05) is 26.8 Å². The van der Waals surface area contributed by atoms with Crippen LogP contribution in [0.5, 0.6) is 0 Å². The summed E-state index contributed by atoms with van der Waals surface area (Å²) in [5.74, 6) is -0.212. The number of aromatic nitrogens is 3. The van der Waals surface area contributed by atoms with Crippen LogP contribution < -0.4 is 14.9 Å². The monoisotopic (exact) mass is 616 g/mol. The van der Waals surface area contributed by atoms with E-state index >= 15 is 0 Å². The minimum Gasteiger partial charge on any atom is -0.362 e. The van der Waals surface area contributed by atoms with Crippen LogP contribution in [0.2, 0.25) is 0 Å². The topological polar surface area (TPSA) is 117 Å². The lowest BCUT2D eigenvalue weighted by Gasteiger charge is -2.34. The minimum absolute atomic E-state index is 0.106. The van der Waals surface area contributed by atoms with E-state index in [1.807, 2.05) is 39.5 Å². The lowest BCUT2D eigenvalue weighted by Crippen LogP contribution is -2.41. The van der Waals surface area contributed by atoms with Gasteiger partial charge in [0.1, 0.15) is 11.6 Å². The standard InChI is InChI=1S/C30H35F3N6O3S/c1-28(2,3)23-12-10-20-26(36-23)39-17-18(16-29(39,4)5)9-11-21(22-15-19(13-14-34-22)30(31,32)33)35-24-7-6-8-25(37-24)43(41,42)38-27(20)40/h6-8,10,12-15,18,21H,9,11,16-17H2,1-5H3,(H,35,37)(H,38,40)/t18-,21+/m0/s1. The molecule has 0 saturated carbocycles. The van der Waals surface area contributed by atoms with E-state index in [1.54, 1.807) is 12.1 Å². The Kier molecular flexibility index (Phi) is 7.68. The summed E-state index contributed by atoms with van der Waals surface area (Å²) in [6.07, 6.45) is -1.68. The molecule has 9 nitrogen and oxygen atoms in total. The van der Waals surface area contributed by atoms with E-state index in [0.29, 0.717) is 25.2 Å². The fourth-order valence-corrected chi connectivity index (χ4v) is 6.70. The van der Waals surface area contributed by atoms with Gasteiger partial charge in [-0.3, -0.25) is 9.78 Å². The SMILES string of the molecule is CC(C)(C)c1ccc2c(n1)N1C[C@@H](CC[C@H](c3cc(C(F)(F)F)ccn3)Nc3cccc(n3)S(=O)(=O)NC2=O)CC1(C)C. The van der Waals surface area contributed by atoms with Crippen LogP contribution in [0.3, 0.4) is 0 Å². The van der Waals surface area contributed by atoms with Crippen LogP contribution in [-0.4, -0.2) is 41.4 Å². The molecule has 230 valence electrons. The highest BCUT2D eigenvalue weighted by molar-refractivity contribution is 7.90. The third kappa shape index (κ3) is 6.46. The Morgan fingerprint density at radius 2 is 1.77 bits per heavy atom. The second-order valence-corrected chi connectivity index (χ2v) is 14.5. The maximum absolute atomic E-state index is 13.6. The number of carbonyl (C=O) groups excluding carboxylic acids is 1. The molecule has 1 fully saturated rings. The van der Waals surface area contributed by atoms with Gasteiger partial charge in [0.05, 0.1) is 22.9 Å². The van der Waals surface area contributed by atoms with Gasteiger partial charge in [0.25, 0.3) is 15.9 Å². The summed E-state index contributed by atoms with van der Waals surface area (Å²) in [4.78, 5) is 28.9. The number of carbonyl (C=O) groups is 1. The maximum Gasteiger partial charge on any atom is 0.416 e. The van der Waals surface area contributed by atoms with Gasteiger partial charge in [0.2, 0.25) is 0 Å². The molecule has 2 aliphatic rings. The van der Waals surface area contributed by atoms with Crippen LogP contribution in [0.1, 0.15) is 87.2 Å². The number of alkyl halides is 3. The van der Waals surface area contributed by atoms with E-state index in [1.165, 1.54) is 18.2 Å². The van der Waals surface area contributed by atoms with E-state index in [2.05, 4.69) is 20.0 Å². The third-order valence-electron chi connectivity index (χ3n) is 7.98. The lowest BCUT2D eigenvalue weighted by molar-refractivity contribution is -0.137. The Hall–Kier alpha value is -3.74. The number of rotatable bonds is 1. The van der Waals surface area contributed by atoms with Gasteiger partial charge < -0.3 is 10.2 Å². The number of nitrogens with zero attached hydrogens (tertiary/aromatic N) is 4. The number of amides is 1. The maximum atomic E-state index is 13.6. The predicted molar refractivity (Wildman–Crippen MR) is 156 cm³/mol. The molecule has 1 saturated heterocycles. The molecule has 2 aliphatic heterocycles. The quantitative estimate of drug-likeness (QED) is 0.349. The van der Waals surface area contributed by atoms with Gasteiger partial charge in [0.15, 0.2) is 5.03 Å². The molecule has 3 aromatic heterocycles. The largest absolute Gasteiger partial charge is 0.416 e. The van der Waals surface area contributed by atoms with Crippen LogP contribution in [0, 0.1) is 5.92 Å². The molecule has 0 unspecified atom stereocenters. The minimum atomic E-state index is -4.55. The molecule has 2 N–H and O–H groups in total. The molecule has 1 amide bonds. The first kappa shape index (κ1) is 30.7. The summed E-state index contributed by atoms with van der Waals surface area (Å²) in [6.45, 7) is 10.6. The zero-order valence-electron chi connectivity index (χ0n) is 24.7. The number of nitrogens with one attached hydrogen (secondary N) is 2. The van der Waals surface area contributed by atoms with E-state index in [-0.39, 0.29) is 28.4 Å². The lowest BCUT2D eigenvalue weighted by atomic mass is 9.90. The molecule has 5 heterocycles. The molecule has 2 atom stereocenters. The van der Waals surface area contributed by atoms with Crippen molar-refractivity contribution in [2.24, 2.45) is 5.92 Å². The second-order valence-electron chi connectivity index (χ2n) is 12.8. The molecule has 0 aliphatic carbocycles. The average Bonchev–Trinajstić information content (AvgIpc) is 3.23. The van der Waals surface area contributed by atoms with Gasteiger partial charge in [-0.2, -0.15) is 21.6 Å². The number of hydrogen-bond acceptors (Lipinski definition) is 8. The first-order chi connectivity index (χ1) is 19.9. The number of halogens is 3. The van der Waals surface area contributed by atoms with Crippen LogP contribution >= 0.6 is 0 Å². The summed E-state index contributed by atoms with van der Waals surface area (Å²) >= 11 is 0. The average molecular weight is 617 g/mol. The van der Waals surface area contributed by atoms with Crippen molar-refractivity contribution in [2.45, 2.75) is 82.1 Å². The molecule has 0 aromatic carbocycles. The molecule has 3 aromatic rings. The first-order valence-corrected chi connectivity index (χ1v) is 15.6. The Labute approximate surface area is 249 Å². The van der Waals surface area contributed by atoms with Gasteiger partial charge in [0, 0.05) is 29.4 Å². The van der Waals surface area contributed by atoms with Crippen LogP contribution in [0.4, 0.5) is 24.8 Å². The highest BCUT2D eigenvalue weighted by Gasteiger charge is 2.42. The van der Waals surface area contributed by atoms with E-state index < -0.39 is 44.3 Å². The zero-order valence-corrected chi connectivity index (χ0v) is 25.5. The van der Waals surface area contributed by atoms with Crippen molar-refractivity contribution in [2.75, 3.05) is 16.8 Å². The number of sulfonamides is 1. The first-order valence-electron chi connectivity index (χ1n) is 14.1. The molecular weight excluding hydrogens is 581 g/mol. The van der Waals surface area contributed by atoms with Crippen molar-refractivity contribution in [1.29, 1.82) is 0 Å². The second kappa shape index (κ2) is 10.8. The Morgan fingerprint density at radius 1 is 1.02 bits per heavy atom. The van der Waals surface area contributed by atoms with E-state index in [9.17, 15) is 26.4 Å². The van der Waals surface area contributed by atoms with Crippen molar-refractivity contribution >= 4 is 27.6 Å². The fraction of sp³-hybridized carbons (Fsp3) is 0.467. The van der Waals surface area contributed by atoms with Gasteiger partial charge >= 0.3 is 6.18 Å². The molecule has 43 heavy (non-hydrogen) atoms. The number of fused-ring (bicyclic) bond motifs is 6. The highest BCUT2D eigenvalue weighted by Crippen LogP contribution is 2.41. The van der Waals surface area contributed by atoms with Crippen molar-refractivity contribution in [3.8, 4) is 0 Å². The van der Waals surface area contributed by atoms with E-state index in [4.69, 9.17) is 4.98 Å². The van der Waals surface area contributed by atoms with E-state index in [0.717, 1.165) is 30.4 Å². The highest BCUT2D eigenvalue weighted by atomic mass is 32.2. The van der Waals surface area contributed by atoms with Gasteiger partial charge in [-0.25, -0.2) is 14.7 Å². The molecule has 4 bridgehead atoms.